The number of aliphatic imine (C=N–C) groups is 1. The van der Waals surface area contributed by atoms with E-state index in [0.717, 1.165) is 29.3 Å². The number of carbonyl (C=O) groups is 1. The fourth-order valence-electron chi connectivity index (χ4n) is 1.80. The lowest BCUT2D eigenvalue weighted by Crippen LogP contribution is -2.08. The molecule has 0 N–H and O–H groups in total. The van der Waals surface area contributed by atoms with E-state index in [1.165, 1.54) is 12.8 Å². The normalized spacial score (nSPS) is 14.3. The minimum atomic E-state index is 0. The van der Waals surface area contributed by atoms with Gasteiger partial charge in [-0.1, -0.05) is 0 Å². The molecule has 0 fully saturated rings. The Morgan fingerprint density at radius 2 is 2.05 bits per heavy atom. The fraction of sp³-hybridized carbons (Fsp3) is 0.429. The van der Waals surface area contributed by atoms with E-state index in [9.17, 15) is 4.79 Å². The Morgan fingerprint density at radius 1 is 1.32 bits per heavy atom. The van der Waals surface area contributed by atoms with Crippen LogP contribution in [0, 0.1) is 0 Å². The van der Waals surface area contributed by atoms with Gasteiger partial charge in [-0.15, -0.1) is 28.7 Å². The Labute approximate surface area is 128 Å². The van der Waals surface area contributed by atoms with Crippen LogP contribution in [0.2, 0.25) is 0 Å². The maximum atomic E-state index is 12.0. The van der Waals surface area contributed by atoms with Crippen molar-refractivity contribution in [1.82, 2.24) is 0 Å². The molecule has 1 aromatic rings. The first-order valence-corrected chi connectivity index (χ1v) is 7.11. The summed E-state index contributed by atoms with van der Waals surface area (Å²) in [6, 6.07) is 7.25. The molecular weight excluding hydrogens is 326 g/mol. The summed E-state index contributed by atoms with van der Waals surface area (Å²) >= 11 is 1.58. The second-order valence-electron chi connectivity index (χ2n) is 4.17. The van der Waals surface area contributed by atoms with Crippen LogP contribution in [0.5, 0.6) is 5.75 Å². The van der Waals surface area contributed by atoms with Gasteiger partial charge in [-0.05, 0) is 43.5 Å². The van der Waals surface area contributed by atoms with E-state index < -0.39 is 0 Å². The molecule has 1 heterocycles. The minimum absolute atomic E-state index is 0. The van der Waals surface area contributed by atoms with Gasteiger partial charge in [0.25, 0.3) is 0 Å². The topological polar surface area (TPSA) is 38.7 Å². The van der Waals surface area contributed by atoms with Gasteiger partial charge in [0.2, 0.25) is 0 Å². The Kier molecular flexibility index (Phi) is 7.16. The maximum Gasteiger partial charge on any atom is 0.173 e. The van der Waals surface area contributed by atoms with Gasteiger partial charge in [0.1, 0.15) is 5.75 Å². The van der Waals surface area contributed by atoms with Crippen LogP contribution in [0.25, 0.3) is 0 Å². The van der Waals surface area contributed by atoms with Gasteiger partial charge >= 0.3 is 0 Å². The highest BCUT2D eigenvalue weighted by Gasteiger charge is 2.10. The predicted molar refractivity (Wildman–Crippen MR) is 86.3 cm³/mol. The molecule has 0 unspecified atom stereocenters. The zero-order valence-electron chi connectivity index (χ0n) is 10.9. The average Bonchev–Trinajstić information content (AvgIpc) is 2.46. The largest absolute Gasteiger partial charge is 0.497 e. The summed E-state index contributed by atoms with van der Waals surface area (Å²) in [5.41, 5.74) is 0.736. The van der Waals surface area contributed by atoms with Crippen molar-refractivity contribution >= 4 is 39.6 Å². The third-order valence-electron chi connectivity index (χ3n) is 2.87. The van der Waals surface area contributed by atoms with Crippen LogP contribution in [0.4, 0.5) is 0 Å². The second-order valence-corrected chi connectivity index (χ2v) is 5.22. The van der Waals surface area contributed by atoms with Gasteiger partial charge in [0, 0.05) is 12.1 Å². The molecule has 1 aliphatic rings. The molecule has 19 heavy (non-hydrogen) atoms. The van der Waals surface area contributed by atoms with Crippen molar-refractivity contribution in [2.45, 2.75) is 19.3 Å². The van der Waals surface area contributed by atoms with Crippen LogP contribution in [-0.4, -0.2) is 30.2 Å². The van der Waals surface area contributed by atoms with Gasteiger partial charge in [-0.25, -0.2) is 0 Å². The van der Waals surface area contributed by atoms with Crippen molar-refractivity contribution in [3.63, 3.8) is 0 Å². The quantitative estimate of drug-likeness (QED) is 0.781. The molecule has 2 rings (SSSR count). The molecule has 0 spiro atoms. The van der Waals surface area contributed by atoms with E-state index in [1.807, 2.05) is 24.3 Å². The van der Waals surface area contributed by atoms with Gasteiger partial charge in [-0.2, -0.15) is 0 Å². The van der Waals surface area contributed by atoms with Crippen molar-refractivity contribution in [1.29, 1.82) is 0 Å². The standard InChI is InChI=1S/C14H17NO2S.BrH/c1-17-12-7-5-11(6-8-12)13(16)10-18-14-4-2-3-9-15-14;/h5-8H,2-4,9-10H2,1H3;1H. The van der Waals surface area contributed by atoms with E-state index in [1.54, 1.807) is 18.9 Å². The van der Waals surface area contributed by atoms with Crippen molar-refractivity contribution in [2.24, 2.45) is 4.99 Å². The molecule has 5 heteroatoms. The average molecular weight is 344 g/mol. The molecule has 3 nitrogen and oxygen atoms in total. The van der Waals surface area contributed by atoms with Crippen LogP contribution >= 0.6 is 28.7 Å². The second kappa shape index (κ2) is 8.38. The summed E-state index contributed by atoms with van der Waals surface area (Å²) in [5.74, 6) is 1.40. The van der Waals surface area contributed by atoms with Gasteiger partial charge in [-0.3, -0.25) is 9.79 Å². The summed E-state index contributed by atoms with van der Waals surface area (Å²) in [4.78, 5) is 16.4. The first kappa shape index (κ1) is 16.2. The van der Waals surface area contributed by atoms with Gasteiger partial charge in [0.05, 0.1) is 17.9 Å². The number of methoxy groups -OCH3 is 1. The number of thioether (sulfide) groups is 1. The molecule has 104 valence electrons. The highest BCUT2D eigenvalue weighted by molar-refractivity contribution is 8.93. The molecule has 0 aliphatic carbocycles. The van der Waals surface area contributed by atoms with E-state index in [-0.39, 0.29) is 22.8 Å². The molecule has 0 saturated carbocycles. The highest BCUT2D eigenvalue weighted by Crippen LogP contribution is 2.18. The molecule has 0 atom stereocenters. The number of rotatable bonds is 4. The van der Waals surface area contributed by atoms with Crippen molar-refractivity contribution in [2.75, 3.05) is 19.4 Å². The number of hydrogen-bond acceptors (Lipinski definition) is 4. The molecule has 0 radical (unpaired) electrons. The molecule has 1 aliphatic heterocycles. The highest BCUT2D eigenvalue weighted by atomic mass is 79.9. The smallest absolute Gasteiger partial charge is 0.173 e. The summed E-state index contributed by atoms with van der Waals surface area (Å²) in [6.07, 6.45) is 3.40. The van der Waals surface area contributed by atoms with E-state index in [2.05, 4.69) is 4.99 Å². The van der Waals surface area contributed by atoms with Crippen molar-refractivity contribution in [3.05, 3.63) is 29.8 Å². The predicted octanol–water partition coefficient (Wildman–Crippen LogP) is 3.77. The molecule has 1 aromatic carbocycles. The number of carbonyl (C=O) groups excluding carboxylic acids is 1. The molecule has 0 bridgehead atoms. The lowest BCUT2D eigenvalue weighted by Gasteiger charge is -2.10. The zero-order chi connectivity index (χ0) is 12.8. The molecular formula is C14H18BrNO2S. The number of Topliss-reactive ketones (excluding diaryl/α,β-unsaturated/α-hetero) is 1. The molecule has 0 amide bonds. The first-order chi connectivity index (χ1) is 8.79. The summed E-state index contributed by atoms with van der Waals surface area (Å²) in [5, 5.41) is 1.13. The zero-order valence-corrected chi connectivity index (χ0v) is 13.5. The Hall–Kier alpha value is -0.810. The van der Waals surface area contributed by atoms with Crippen molar-refractivity contribution < 1.29 is 9.53 Å². The Bertz CT molecular complexity index is 445. The number of halogens is 1. The summed E-state index contributed by atoms with van der Waals surface area (Å²) in [6.45, 7) is 0.916. The number of benzene rings is 1. The third kappa shape index (κ3) is 4.99. The van der Waals surface area contributed by atoms with Crippen LogP contribution in [-0.2, 0) is 0 Å². The lowest BCUT2D eigenvalue weighted by molar-refractivity contribution is 0.102. The number of hydrogen-bond donors (Lipinski definition) is 0. The summed E-state index contributed by atoms with van der Waals surface area (Å²) < 4.78 is 5.07. The molecule has 0 aromatic heterocycles. The monoisotopic (exact) mass is 343 g/mol. The number of ether oxygens (including phenoxy) is 1. The lowest BCUT2D eigenvalue weighted by atomic mass is 10.1. The fourth-order valence-corrected chi connectivity index (χ4v) is 2.73. The Morgan fingerprint density at radius 3 is 2.63 bits per heavy atom. The summed E-state index contributed by atoms with van der Waals surface area (Å²) in [7, 11) is 1.62. The number of ketones is 1. The maximum absolute atomic E-state index is 12.0. The molecule has 0 saturated heterocycles. The SMILES string of the molecule is Br.COc1ccc(C(=O)CSC2=NCCCC2)cc1. The van der Waals surface area contributed by atoms with Crippen LogP contribution in [0.15, 0.2) is 29.3 Å². The van der Waals surface area contributed by atoms with Gasteiger partial charge in [0.15, 0.2) is 5.78 Å². The third-order valence-corrected chi connectivity index (χ3v) is 3.94. The van der Waals surface area contributed by atoms with Gasteiger partial charge < -0.3 is 4.74 Å². The van der Waals surface area contributed by atoms with E-state index >= 15 is 0 Å². The van der Waals surface area contributed by atoms with Crippen molar-refractivity contribution in [3.8, 4) is 5.75 Å². The van der Waals surface area contributed by atoms with E-state index in [0.29, 0.717) is 5.75 Å². The number of nitrogens with zero attached hydrogens (tertiary/aromatic N) is 1. The van der Waals surface area contributed by atoms with Crippen LogP contribution in [0.3, 0.4) is 0 Å². The first-order valence-electron chi connectivity index (χ1n) is 6.13. The van der Waals surface area contributed by atoms with E-state index in [4.69, 9.17) is 4.74 Å². The minimum Gasteiger partial charge on any atom is -0.497 e. The van der Waals surface area contributed by atoms with Crippen LogP contribution < -0.4 is 4.74 Å². The Balaban J connectivity index is 0.00000180. The van der Waals surface area contributed by atoms with Crippen LogP contribution in [0.1, 0.15) is 29.6 Å².